The Labute approximate surface area is 87.9 Å². The van der Waals surface area contributed by atoms with E-state index in [1.165, 1.54) is 6.42 Å². The predicted octanol–water partition coefficient (Wildman–Crippen LogP) is 3.90. The van der Waals surface area contributed by atoms with Crippen molar-refractivity contribution < 1.29 is 4.79 Å². The molecule has 80 valence electrons. The van der Waals surface area contributed by atoms with Crippen molar-refractivity contribution in [3.63, 3.8) is 0 Å². The van der Waals surface area contributed by atoms with Gasteiger partial charge in [-0.05, 0) is 39.0 Å². The number of hydrogen-bond acceptors (Lipinski definition) is 1. The van der Waals surface area contributed by atoms with Crippen LogP contribution in [0.1, 0.15) is 46.5 Å². The molecule has 0 aromatic heterocycles. The van der Waals surface area contributed by atoms with Gasteiger partial charge in [0, 0.05) is 6.42 Å². The average Bonchev–Trinajstić information content (AvgIpc) is 2.13. The van der Waals surface area contributed by atoms with Crippen LogP contribution in [0.4, 0.5) is 0 Å². The van der Waals surface area contributed by atoms with Gasteiger partial charge >= 0.3 is 0 Å². The van der Waals surface area contributed by atoms with Crippen LogP contribution in [0.2, 0.25) is 0 Å². The van der Waals surface area contributed by atoms with E-state index in [-0.39, 0.29) is 5.78 Å². The zero-order chi connectivity index (χ0) is 10.8. The van der Waals surface area contributed by atoms with Gasteiger partial charge in [-0.2, -0.15) is 0 Å². The van der Waals surface area contributed by atoms with Gasteiger partial charge in [-0.25, -0.2) is 0 Å². The van der Waals surface area contributed by atoms with Crippen LogP contribution in [-0.4, -0.2) is 5.78 Å². The maximum atomic E-state index is 10.6. The van der Waals surface area contributed by atoms with Crippen LogP contribution in [0.15, 0.2) is 24.3 Å². The van der Waals surface area contributed by atoms with Crippen molar-refractivity contribution >= 4 is 5.78 Å². The average molecular weight is 194 g/mol. The summed E-state index contributed by atoms with van der Waals surface area (Å²) < 4.78 is 0. The minimum absolute atomic E-state index is 0.239. The van der Waals surface area contributed by atoms with E-state index in [0.717, 1.165) is 18.8 Å². The minimum atomic E-state index is 0.239. The molecule has 0 amide bonds. The van der Waals surface area contributed by atoms with Crippen molar-refractivity contribution in [2.24, 2.45) is 5.92 Å². The molecular weight excluding hydrogens is 172 g/mol. The van der Waals surface area contributed by atoms with Crippen LogP contribution in [0, 0.1) is 5.92 Å². The summed E-state index contributed by atoms with van der Waals surface area (Å²) >= 11 is 0. The van der Waals surface area contributed by atoms with E-state index in [4.69, 9.17) is 0 Å². The Balaban J connectivity index is 3.43. The summed E-state index contributed by atoms with van der Waals surface area (Å²) in [4.78, 5) is 10.6. The number of carbonyl (C=O) groups excluding carboxylic acids is 1. The van der Waals surface area contributed by atoms with Crippen LogP contribution in [-0.2, 0) is 4.79 Å². The summed E-state index contributed by atoms with van der Waals surface area (Å²) in [5.74, 6) is 0.983. The van der Waals surface area contributed by atoms with Gasteiger partial charge in [0.15, 0.2) is 0 Å². The van der Waals surface area contributed by atoms with Gasteiger partial charge < -0.3 is 0 Å². The molecular formula is C13H22O. The smallest absolute Gasteiger partial charge is 0.133 e. The molecule has 0 aliphatic carbocycles. The second-order valence-electron chi connectivity index (χ2n) is 3.86. The van der Waals surface area contributed by atoms with Gasteiger partial charge in [0.2, 0.25) is 0 Å². The van der Waals surface area contributed by atoms with Gasteiger partial charge in [0.05, 0.1) is 0 Å². The van der Waals surface area contributed by atoms with Crippen LogP contribution >= 0.6 is 0 Å². The molecule has 0 heterocycles. The fourth-order valence-corrected chi connectivity index (χ4v) is 1.23. The fraction of sp³-hybridized carbons (Fsp3) is 0.615. The summed E-state index contributed by atoms with van der Waals surface area (Å²) in [5, 5.41) is 0. The Kier molecular flexibility index (Phi) is 8.20. The Morgan fingerprint density at radius 3 is 2.57 bits per heavy atom. The largest absolute Gasteiger partial charge is 0.300 e. The summed E-state index contributed by atoms with van der Waals surface area (Å²) in [7, 11) is 0. The lowest BCUT2D eigenvalue weighted by atomic mass is 10.0. The standard InChI is InChI=1S/C13H22O/c1-4-5-9-12(2)10-7-6-8-11-13(3)14/h4-6,8,12H,7,9-11H2,1-3H3/b5-4+,8-6?. The molecule has 0 aromatic rings. The third kappa shape index (κ3) is 9.24. The van der Waals surface area contributed by atoms with Crippen molar-refractivity contribution in [1.82, 2.24) is 0 Å². The molecule has 0 radical (unpaired) electrons. The number of hydrogen-bond donors (Lipinski definition) is 0. The highest BCUT2D eigenvalue weighted by Crippen LogP contribution is 2.11. The molecule has 0 aliphatic rings. The van der Waals surface area contributed by atoms with Gasteiger partial charge in [-0.1, -0.05) is 31.2 Å². The van der Waals surface area contributed by atoms with Crippen molar-refractivity contribution in [3.8, 4) is 0 Å². The third-order valence-corrected chi connectivity index (χ3v) is 2.17. The van der Waals surface area contributed by atoms with E-state index in [1.807, 2.05) is 6.08 Å². The molecule has 0 aliphatic heterocycles. The first-order valence-corrected chi connectivity index (χ1v) is 5.42. The number of Topliss-reactive ketones (excluding diaryl/α,β-unsaturated/α-hetero) is 1. The van der Waals surface area contributed by atoms with Crippen molar-refractivity contribution in [2.75, 3.05) is 0 Å². The second-order valence-corrected chi connectivity index (χ2v) is 3.86. The maximum Gasteiger partial charge on any atom is 0.133 e. The van der Waals surface area contributed by atoms with Crippen LogP contribution in [0.5, 0.6) is 0 Å². The van der Waals surface area contributed by atoms with Crippen LogP contribution in [0.3, 0.4) is 0 Å². The van der Waals surface area contributed by atoms with Gasteiger partial charge in [-0.3, -0.25) is 4.79 Å². The Morgan fingerprint density at radius 1 is 1.29 bits per heavy atom. The maximum absolute atomic E-state index is 10.6. The Hall–Kier alpha value is -0.850. The fourth-order valence-electron chi connectivity index (χ4n) is 1.23. The molecule has 1 unspecified atom stereocenters. The summed E-state index contributed by atoms with van der Waals surface area (Å²) in [5.41, 5.74) is 0. The van der Waals surface area contributed by atoms with E-state index < -0.39 is 0 Å². The SMILES string of the molecule is C/C=C/CC(C)CCC=CCC(C)=O. The highest BCUT2D eigenvalue weighted by Gasteiger charge is 1.96. The zero-order valence-electron chi connectivity index (χ0n) is 9.62. The molecule has 1 atom stereocenters. The molecule has 0 saturated carbocycles. The van der Waals surface area contributed by atoms with Gasteiger partial charge in [0.25, 0.3) is 0 Å². The first-order chi connectivity index (χ1) is 6.66. The third-order valence-electron chi connectivity index (χ3n) is 2.17. The van der Waals surface area contributed by atoms with Crippen molar-refractivity contribution in [3.05, 3.63) is 24.3 Å². The predicted molar refractivity (Wildman–Crippen MR) is 62.3 cm³/mol. The summed E-state index contributed by atoms with van der Waals surface area (Å²) in [6.45, 7) is 5.94. The highest BCUT2D eigenvalue weighted by molar-refractivity contribution is 5.76. The van der Waals surface area contributed by atoms with Crippen LogP contribution < -0.4 is 0 Å². The molecule has 0 saturated heterocycles. The summed E-state index contributed by atoms with van der Waals surface area (Å²) in [6.07, 6.45) is 12.5. The molecule has 0 aromatic carbocycles. The molecule has 14 heavy (non-hydrogen) atoms. The number of allylic oxidation sites excluding steroid dienone is 4. The molecule has 0 rings (SSSR count). The number of rotatable bonds is 7. The number of ketones is 1. The van der Waals surface area contributed by atoms with Gasteiger partial charge in [-0.15, -0.1) is 0 Å². The first kappa shape index (κ1) is 13.2. The van der Waals surface area contributed by atoms with Crippen molar-refractivity contribution in [2.45, 2.75) is 46.5 Å². The molecule has 1 heteroatoms. The molecule has 0 bridgehead atoms. The van der Waals surface area contributed by atoms with Crippen molar-refractivity contribution in [1.29, 1.82) is 0 Å². The van der Waals surface area contributed by atoms with E-state index >= 15 is 0 Å². The lowest BCUT2D eigenvalue weighted by Crippen LogP contribution is -1.91. The molecule has 1 nitrogen and oxygen atoms in total. The first-order valence-electron chi connectivity index (χ1n) is 5.42. The highest BCUT2D eigenvalue weighted by atomic mass is 16.1. The minimum Gasteiger partial charge on any atom is -0.300 e. The molecule has 0 N–H and O–H groups in total. The normalized spacial score (nSPS) is 13.9. The van der Waals surface area contributed by atoms with Crippen LogP contribution in [0.25, 0.3) is 0 Å². The number of carbonyl (C=O) groups is 1. The monoisotopic (exact) mass is 194 g/mol. The Bertz CT molecular complexity index is 201. The van der Waals surface area contributed by atoms with Gasteiger partial charge in [0.1, 0.15) is 5.78 Å². The molecule has 0 spiro atoms. The quantitative estimate of drug-likeness (QED) is 0.562. The van der Waals surface area contributed by atoms with E-state index in [1.54, 1.807) is 6.92 Å². The Morgan fingerprint density at radius 2 is 2.00 bits per heavy atom. The zero-order valence-corrected chi connectivity index (χ0v) is 9.62. The van der Waals surface area contributed by atoms with E-state index in [2.05, 4.69) is 32.1 Å². The lowest BCUT2D eigenvalue weighted by molar-refractivity contribution is -0.116. The molecule has 0 fully saturated rings. The van der Waals surface area contributed by atoms with E-state index in [9.17, 15) is 4.79 Å². The second kappa shape index (κ2) is 8.74. The lowest BCUT2D eigenvalue weighted by Gasteiger charge is -2.05. The van der Waals surface area contributed by atoms with E-state index in [0.29, 0.717) is 6.42 Å². The summed E-state index contributed by atoms with van der Waals surface area (Å²) in [6, 6.07) is 0. The topological polar surface area (TPSA) is 17.1 Å².